The van der Waals surface area contributed by atoms with Gasteiger partial charge in [-0.1, -0.05) is 0 Å². The van der Waals surface area contributed by atoms with Crippen molar-refractivity contribution in [3.05, 3.63) is 29.6 Å². The summed E-state index contributed by atoms with van der Waals surface area (Å²) < 4.78 is 26.7. The number of hydrogen-bond donors (Lipinski definition) is 1. The summed E-state index contributed by atoms with van der Waals surface area (Å²) in [6.07, 6.45) is 0. The van der Waals surface area contributed by atoms with Gasteiger partial charge in [-0.3, -0.25) is 0 Å². The number of phenolic OH excluding ortho intramolecular Hbond substituents is 1. The molecule has 7 heteroatoms. The van der Waals surface area contributed by atoms with E-state index >= 15 is 0 Å². The summed E-state index contributed by atoms with van der Waals surface area (Å²) >= 11 is 1.33. The maximum Gasteiger partial charge on any atom is 0.202 e. The molecule has 0 spiro atoms. The quantitative estimate of drug-likeness (QED) is 0.589. The molecule has 0 radical (unpaired) electrons. The summed E-state index contributed by atoms with van der Waals surface area (Å²) in [7, 11) is 4.64. The number of phenols is 1. The molecule has 1 aliphatic heterocycles. The highest BCUT2D eigenvalue weighted by molar-refractivity contribution is 7.04. The van der Waals surface area contributed by atoms with Crippen molar-refractivity contribution >= 4 is 11.5 Å². The molecular formula is C18H15NO5S. The van der Waals surface area contributed by atoms with Crippen LogP contribution in [0, 0.1) is 0 Å². The van der Waals surface area contributed by atoms with Gasteiger partial charge in [-0.15, -0.1) is 0 Å². The fourth-order valence-corrected chi connectivity index (χ4v) is 3.58. The van der Waals surface area contributed by atoms with Crippen molar-refractivity contribution in [2.24, 2.45) is 0 Å². The van der Waals surface area contributed by atoms with E-state index in [0.717, 1.165) is 22.4 Å². The van der Waals surface area contributed by atoms with E-state index in [4.69, 9.17) is 18.9 Å². The summed E-state index contributed by atoms with van der Waals surface area (Å²) in [5.41, 5.74) is 3.09. The first-order valence-corrected chi connectivity index (χ1v) is 8.30. The Morgan fingerprint density at radius 2 is 1.72 bits per heavy atom. The van der Waals surface area contributed by atoms with Gasteiger partial charge in [0.2, 0.25) is 5.75 Å². The highest BCUT2D eigenvalue weighted by atomic mass is 32.1. The number of fused-ring (bicyclic) bond motifs is 5. The average Bonchev–Trinajstić information content (AvgIpc) is 3.07. The van der Waals surface area contributed by atoms with Crippen molar-refractivity contribution in [1.29, 1.82) is 0 Å². The van der Waals surface area contributed by atoms with Gasteiger partial charge in [0.15, 0.2) is 23.0 Å². The molecule has 128 valence electrons. The SMILES string of the molecule is COc1cc(OC)c2c(c1)-c1nscc1-c1ccc(OC)c(O)c1O2. The molecule has 2 aromatic carbocycles. The lowest BCUT2D eigenvalue weighted by atomic mass is 10.0. The molecule has 0 fully saturated rings. The predicted molar refractivity (Wildman–Crippen MR) is 94.4 cm³/mol. The minimum Gasteiger partial charge on any atom is -0.502 e. The lowest BCUT2D eigenvalue weighted by Crippen LogP contribution is -1.95. The van der Waals surface area contributed by atoms with E-state index in [1.54, 1.807) is 26.4 Å². The molecule has 4 rings (SSSR count). The normalized spacial score (nSPS) is 11.5. The zero-order valence-electron chi connectivity index (χ0n) is 13.8. The van der Waals surface area contributed by atoms with Crippen molar-refractivity contribution < 1.29 is 24.1 Å². The van der Waals surface area contributed by atoms with Crippen molar-refractivity contribution in [1.82, 2.24) is 4.37 Å². The van der Waals surface area contributed by atoms with Crippen molar-refractivity contribution in [3.8, 4) is 56.9 Å². The van der Waals surface area contributed by atoms with Crippen LogP contribution in [0.1, 0.15) is 0 Å². The van der Waals surface area contributed by atoms with E-state index in [-0.39, 0.29) is 5.75 Å². The van der Waals surface area contributed by atoms with Gasteiger partial charge in [0, 0.05) is 22.6 Å². The fourth-order valence-electron chi connectivity index (χ4n) is 2.88. The third-order valence-corrected chi connectivity index (χ3v) is 4.75. The molecule has 0 amide bonds. The van der Waals surface area contributed by atoms with Crippen LogP contribution in [0.25, 0.3) is 22.4 Å². The molecule has 0 atom stereocenters. The molecule has 3 aromatic rings. The molecule has 1 N–H and O–H groups in total. The van der Waals surface area contributed by atoms with E-state index in [1.165, 1.54) is 18.6 Å². The van der Waals surface area contributed by atoms with Gasteiger partial charge in [-0.25, -0.2) is 0 Å². The molecule has 1 aromatic heterocycles. The molecular weight excluding hydrogens is 342 g/mol. The zero-order chi connectivity index (χ0) is 17.6. The second kappa shape index (κ2) is 5.86. The van der Waals surface area contributed by atoms with E-state index < -0.39 is 0 Å². The van der Waals surface area contributed by atoms with Crippen LogP contribution in [0.2, 0.25) is 0 Å². The topological polar surface area (TPSA) is 70.0 Å². The average molecular weight is 357 g/mol. The largest absolute Gasteiger partial charge is 0.502 e. The maximum absolute atomic E-state index is 10.6. The smallest absolute Gasteiger partial charge is 0.202 e. The number of aromatic nitrogens is 1. The van der Waals surface area contributed by atoms with Crippen LogP contribution in [0.5, 0.6) is 34.5 Å². The van der Waals surface area contributed by atoms with Crippen molar-refractivity contribution in [2.75, 3.05) is 21.3 Å². The molecule has 0 aliphatic carbocycles. The Morgan fingerprint density at radius 1 is 0.920 bits per heavy atom. The first kappa shape index (κ1) is 15.6. The fraction of sp³-hybridized carbons (Fsp3) is 0.167. The monoisotopic (exact) mass is 357 g/mol. The van der Waals surface area contributed by atoms with Crippen LogP contribution in [-0.4, -0.2) is 30.8 Å². The maximum atomic E-state index is 10.6. The molecule has 0 saturated heterocycles. The lowest BCUT2D eigenvalue weighted by Gasteiger charge is -2.16. The van der Waals surface area contributed by atoms with Gasteiger partial charge < -0.3 is 24.1 Å². The second-order valence-electron chi connectivity index (χ2n) is 5.38. The van der Waals surface area contributed by atoms with E-state index in [2.05, 4.69) is 4.37 Å². The summed E-state index contributed by atoms with van der Waals surface area (Å²) in [5.74, 6) is 2.16. The summed E-state index contributed by atoms with van der Waals surface area (Å²) in [6, 6.07) is 7.12. The third kappa shape index (κ3) is 2.27. The minimum atomic E-state index is -0.0668. The summed E-state index contributed by atoms with van der Waals surface area (Å²) in [4.78, 5) is 0. The number of methoxy groups -OCH3 is 3. The number of rotatable bonds is 3. The highest BCUT2D eigenvalue weighted by Gasteiger charge is 2.29. The first-order valence-electron chi connectivity index (χ1n) is 7.46. The Balaban J connectivity index is 2.07. The lowest BCUT2D eigenvalue weighted by molar-refractivity contribution is 0.344. The molecule has 0 bridgehead atoms. The van der Waals surface area contributed by atoms with Gasteiger partial charge in [0.25, 0.3) is 0 Å². The van der Waals surface area contributed by atoms with Crippen LogP contribution < -0.4 is 18.9 Å². The number of hydrogen-bond acceptors (Lipinski definition) is 7. The Kier molecular flexibility index (Phi) is 3.65. The van der Waals surface area contributed by atoms with Gasteiger partial charge in [0.1, 0.15) is 5.75 Å². The number of nitrogens with zero attached hydrogens (tertiary/aromatic N) is 1. The van der Waals surface area contributed by atoms with Gasteiger partial charge in [-0.2, -0.15) is 4.37 Å². The molecule has 6 nitrogen and oxygen atoms in total. The number of aromatic hydroxyl groups is 1. The van der Waals surface area contributed by atoms with Gasteiger partial charge >= 0.3 is 0 Å². The molecule has 0 saturated carbocycles. The number of ether oxygens (including phenoxy) is 4. The number of benzene rings is 2. The predicted octanol–water partition coefficient (Wildman–Crippen LogP) is 4.31. The standard InChI is InChI=1S/C18H15NO5S/c1-21-9-6-11-15-12(8-25-19-15)10-4-5-13(22-2)16(20)18(10)24-17(11)14(7-9)23-3/h4-8,20H,1-3H3. The Labute approximate surface area is 148 Å². The minimum absolute atomic E-state index is 0.0668. The van der Waals surface area contributed by atoms with E-state index in [9.17, 15) is 5.11 Å². The Hall–Kier alpha value is -2.93. The van der Waals surface area contributed by atoms with Crippen LogP contribution in [0.15, 0.2) is 29.6 Å². The summed E-state index contributed by atoms with van der Waals surface area (Å²) in [5, 5.41) is 12.5. The first-order chi connectivity index (χ1) is 12.2. The highest BCUT2D eigenvalue weighted by Crippen LogP contribution is 2.55. The third-order valence-electron chi connectivity index (χ3n) is 4.12. The van der Waals surface area contributed by atoms with Crippen LogP contribution in [0.4, 0.5) is 0 Å². The van der Waals surface area contributed by atoms with Gasteiger partial charge in [-0.05, 0) is 29.7 Å². The van der Waals surface area contributed by atoms with Crippen molar-refractivity contribution in [2.45, 2.75) is 0 Å². The Morgan fingerprint density at radius 3 is 2.44 bits per heavy atom. The summed E-state index contributed by atoms with van der Waals surface area (Å²) in [6.45, 7) is 0. The zero-order valence-corrected chi connectivity index (χ0v) is 14.6. The van der Waals surface area contributed by atoms with Crippen molar-refractivity contribution in [3.63, 3.8) is 0 Å². The Bertz CT molecular complexity index is 966. The van der Waals surface area contributed by atoms with E-state index in [1.807, 2.05) is 17.5 Å². The second-order valence-corrected chi connectivity index (χ2v) is 6.01. The van der Waals surface area contributed by atoms with Crippen LogP contribution in [-0.2, 0) is 0 Å². The molecule has 0 unspecified atom stereocenters. The molecule has 2 heterocycles. The molecule has 1 aliphatic rings. The van der Waals surface area contributed by atoms with Crippen LogP contribution >= 0.6 is 11.5 Å². The molecule has 25 heavy (non-hydrogen) atoms. The van der Waals surface area contributed by atoms with Gasteiger partial charge in [0.05, 0.1) is 32.6 Å². The van der Waals surface area contributed by atoms with Crippen LogP contribution in [0.3, 0.4) is 0 Å². The van der Waals surface area contributed by atoms with E-state index in [0.29, 0.717) is 28.7 Å².